The van der Waals surface area contributed by atoms with Gasteiger partial charge in [-0.05, 0) is 18.8 Å². The van der Waals surface area contributed by atoms with Crippen LogP contribution in [0.25, 0.3) is 0 Å². The molecular formula is C14H24N4O. The number of nitrogen functional groups attached to an aromatic ring is 1. The third-order valence-electron chi connectivity index (χ3n) is 3.54. The highest BCUT2D eigenvalue weighted by atomic mass is 16.5. The van der Waals surface area contributed by atoms with Crippen LogP contribution in [0.15, 0.2) is 6.33 Å². The van der Waals surface area contributed by atoms with Crippen molar-refractivity contribution in [2.24, 2.45) is 0 Å². The summed E-state index contributed by atoms with van der Waals surface area (Å²) in [5.41, 5.74) is 6.89. The second kappa shape index (κ2) is 6.70. The van der Waals surface area contributed by atoms with Gasteiger partial charge in [-0.15, -0.1) is 0 Å². The van der Waals surface area contributed by atoms with Crippen molar-refractivity contribution in [3.05, 3.63) is 11.9 Å². The maximum atomic E-state index is 5.90. The average Bonchev–Trinajstić information content (AvgIpc) is 2.87. The number of hydrogen-bond donors (Lipinski definition) is 2. The predicted octanol–water partition coefficient (Wildman–Crippen LogP) is 2.55. The first kappa shape index (κ1) is 14.1. The summed E-state index contributed by atoms with van der Waals surface area (Å²) in [5, 5.41) is 3.30. The molecule has 1 aliphatic carbocycles. The van der Waals surface area contributed by atoms with Crippen LogP contribution in [0, 0.1) is 0 Å². The minimum absolute atomic E-state index is 0.305. The fraction of sp³-hybridized carbons (Fsp3) is 0.714. The smallest absolute Gasteiger partial charge is 0.135 e. The third kappa shape index (κ3) is 3.80. The zero-order chi connectivity index (χ0) is 13.7. The van der Waals surface area contributed by atoms with E-state index >= 15 is 0 Å². The first-order chi connectivity index (χ1) is 9.18. The molecule has 3 N–H and O–H groups in total. The first-order valence-corrected chi connectivity index (χ1v) is 7.14. The number of rotatable bonds is 6. The number of nitrogens with one attached hydrogen (secondary N) is 1. The van der Waals surface area contributed by atoms with Crippen LogP contribution in [0.1, 0.15) is 51.0 Å². The van der Waals surface area contributed by atoms with E-state index in [1.54, 1.807) is 0 Å². The predicted molar refractivity (Wildman–Crippen MR) is 77.2 cm³/mol. The maximum absolute atomic E-state index is 5.90. The van der Waals surface area contributed by atoms with Gasteiger partial charge in [-0.1, -0.05) is 26.7 Å². The molecule has 0 bridgehead atoms. The van der Waals surface area contributed by atoms with Crippen molar-refractivity contribution >= 4 is 11.6 Å². The third-order valence-corrected chi connectivity index (χ3v) is 3.54. The number of hydrogen-bond acceptors (Lipinski definition) is 5. The monoisotopic (exact) mass is 264 g/mol. The summed E-state index contributed by atoms with van der Waals surface area (Å²) in [6, 6.07) is 0. The van der Waals surface area contributed by atoms with Gasteiger partial charge in [0, 0.05) is 12.1 Å². The molecule has 0 spiro atoms. The van der Waals surface area contributed by atoms with Crippen molar-refractivity contribution in [3.8, 4) is 0 Å². The molecule has 0 aliphatic heterocycles. The molecular weight excluding hydrogens is 240 g/mol. The Morgan fingerprint density at radius 1 is 1.37 bits per heavy atom. The number of aromatic nitrogens is 2. The first-order valence-electron chi connectivity index (χ1n) is 7.14. The highest BCUT2D eigenvalue weighted by molar-refractivity contribution is 5.56. The van der Waals surface area contributed by atoms with Crippen LogP contribution in [0.5, 0.6) is 0 Å². The molecule has 19 heavy (non-hydrogen) atoms. The SMILES string of the molecule is CC(C)c1c(N)ncnc1NCCOC1CCCC1. The Morgan fingerprint density at radius 2 is 2.11 bits per heavy atom. The molecule has 1 fully saturated rings. The molecule has 1 aromatic rings. The summed E-state index contributed by atoms with van der Waals surface area (Å²) < 4.78 is 5.82. The highest BCUT2D eigenvalue weighted by Crippen LogP contribution is 2.26. The van der Waals surface area contributed by atoms with Crippen LogP contribution >= 0.6 is 0 Å². The van der Waals surface area contributed by atoms with Crippen LogP contribution in [0.2, 0.25) is 0 Å². The summed E-state index contributed by atoms with van der Waals surface area (Å²) in [5.74, 6) is 1.70. The lowest BCUT2D eigenvalue weighted by Gasteiger charge is -2.16. The molecule has 2 rings (SSSR count). The lowest BCUT2D eigenvalue weighted by Crippen LogP contribution is -2.17. The molecule has 0 radical (unpaired) electrons. The van der Waals surface area contributed by atoms with Gasteiger partial charge in [0.15, 0.2) is 0 Å². The molecule has 0 saturated heterocycles. The van der Waals surface area contributed by atoms with E-state index in [0.29, 0.717) is 24.4 Å². The molecule has 1 heterocycles. The molecule has 5 heteroatoms. The summed E-state index contributed by atoms with van der Waals surface area (Å²) in [6.45, 7) is 5.66. The molecule has 1 saturated carbocycles. The number of nitrogens with two attached hydrogens (primary N) is 1. The lowest BCUT2D eigenvalue weighted by atomic mass is 10.0. The van der Waals surface area contributed by atoms with Crippen LogP contribution in [-0.2, 0) is 4.74 Å². The quantitative estimate of drug-likeness (QED) is 0.772. The standard InChI is InChI=1S/C14H24N4O/c1-10(2)12-13(15)17-9-18-14(12)16-7-8-19-11-5-3-4-6-11/h9-11H,3-8H2,1-2H3,(H3,15,16,17,18). The van der Waals surface area contributed by atoms with Crippen molar-refractivity contribution in [3.63, 3.8) is 0 Å². The minimum atomic E-state index is 0.305. The van der Waals surface area contributed by atoms with Gasteiger partial charge in [-0.2, -0.15) is 0 Å². The Kier molecular flexibility index (Phi) is 4.96. The molecule has 1 aliphatic rings. The van der Waals surface area contributed by atoms with Gasteiger partial charge in [0.2, 0.25) is 0 Å². The molecule has 0 unspecified atom stereocenters. The lowest BCUT2D eigenvalue weighted by molar-refractivity contribution is 0.0658. The number of anilines is 2. The van der Waals surface area contributed by atoms with E-state index in [0.717, 1.165) is 17.9 Å². The summed E-state index contributed by atoms with van der Waals surface area (Å²) in [4.78, 5) is 8.32. The van der Waals surface area contributed by atoms with Crippen molar-refractivity contribution in [2.45, 2.75) is 51.6 Å². The zero-order valence-electron chi connectivity index (χ0n) is 11.9. The van der Waals surface area contributed by atoms with E-state index in [4.69, 9.17) is 10.5 Å². The van der Waals surface area contributed by atoms with Gasteiger partial charge < -0.3 is 15.8 Å². The van der Waals surface area contributed by atoms with Crippen LogP contribution in [0.4, 0.5) is 11.6 Å². The Morgan fingerprint density at radius 3 is 2.79 bits per heavy atom. The van der Waals surface area contributed by atoms with E-state index in [1.165, 1.54) is 32.0 Å². The van der Waals surface area contributed by atoms with Gasteiger partial charge in [0.1, 0.15) is 18.0 Å². The van der Waals surface area contributed by atoms with Crippen molar-refractivity contribution in [1.82, 2.24) is 9.97 Å². The Bertz CT molecular complexity index is 402. The van der Waals surface area contributed by atoms with E-state index in [-0.39, 0.29) is 0 Å². The van der Waals surface area contributed by atoms with Gasteiger partial charge in [0.05, 0.1) is 12.7 Å². The van der Waals surface area contributed by atoms with Gasteiger partial charge in [0.25, 0.3) is 0 Å². The zero-order valence-corrected chi connectivity index (χ0v) is 11.9. The summed E-state index contributed by atoms with van der Waals surface area (Å²) in [7, 11) is 0. The molecule has 0 aromatic carbocycles. The Balaban J connectivity index is 1.83. The average molecular weight is 264 g/mol. The van der Waals surface area contributed by atoms with Gasteiger partial charge in [-0.25, -0.2) is 9.97 Å². The second-order valence-electron chi connectivity index (χ2n) is 5.38. The van der Waals surface area contributed by atoms with Crippen LogP contribution in [-0.4, -0.2) is 29.2 Å². The molecule has 106 valence electrons. The summed E-state index contributed by atoms with van der Waals surface area (Å²) in [6.07, 6.45) is 6.98. The summed E-state index contributed by atoms with van der Waals surface area (Å²) >= 11 is 0. The molecule has 5 nitrogen and oxygen atoms in total. The fourth-order valence-corrected chi connectivity index (χ4v) is 2.57. The van der Waals surface area contributed by atoms with E-state index in [1.807, 2.05) is 0 Å². The number of ether oxygens (including phenoxy) is 1. The number of nitrogens with zero attached hydrogens (tertiary/aromatic N) is 2. The molecule has 1 aromatic heterocycles. The van der Waals surface area contributed by atoms with Crippen LogP contribution < -0.4 is 11.1 Å². The van der Waals surface area contributed by atoms with Crippen LogP contribution in [0.3, 0.4) is 0 Å². The minimum Gasteiger partial charge on any atom is -0.383 e. The van der Waals surface area contributed by atoms with Crippen molar-refractivity contribution in [1.29, 1.82) is 0 Å². The topological polar surface area (TPSA) is 73.1 Å². The van der Waals surface area contributed by atoms with Gasteiger partial charge >= 0.3 is 0 Å². The van der Waals surface area contributed by atoms with Crippen molar-refractivity contribution < 1.29 is 4.74 Å². The molecule has 0 amide bonds. The normalized spacial score (nSPS) is 16.2. The largest absolute Gasteiger partial charge is 0.383 e. The second-order valence-corrected chi connectivity index (χ2v) is 5.38. The van der Waals surface area contributed by atoms with E-state index < -0.39 is 0 Å². The highest BCUT2D eigenvalue weighted by Gasteiger charge is 2.15. The Hall–Kier alpha value is -1.36. The maximum Gasteiger partial charge on any atom is 0.135 e. The van der Waals surface area contributed by atoms with E-state index in [9.17, 15) is 0 Å². The molecule has 0 atom stereocenters. The fourth-order valence-electron chi connectivity index (χ4n) is 2.57. The Labute approximate surface area is 115 Å². The van der Waals surface area contributed by atoms with Gasteiger partial charge in [-0.3, -0.25) is 0 Å². The van der Waals surface area contributed by atoms with Crippen molar-refractivity contribution in [2.75, 3.05) is 24.2 Å². The van der Waals surface area contributed by atoms with E-state index in [2.05, 4.69) is 29.1 Å².